The van der Waals surface area contributed by atoms with Crippen LogP contribution < -0.4 is 5.32 Å². The van der Waals surface area contributed by atoms with Crippen LogP contribution in [0, 0.1) is 5.92 Å². The molecule has 0 aliphatic carbocycles. The van der Waals surface area contributed by atoms with Gasteiger partial charge < -0.3 is 10.2 Å². The lowest BCUT2D eigenvalue weighted by Gasteiger charge is -2.37. The number of hydrogen-bond acceptors (Lipinski definition) is 2. The molecule has 1 N–H and O–H groups in total. The highest BCUT2D eigenvalue weighted by atomic mass is 15.2. The van der Waals surface area contributed by atoms with Crippen LogP contribution in [-0.2, 0) is 0 Å². The van der Waals surface area contributed by atoms with E-state index >= 15 is 0 Å². The maximum Gasteiger partial charge on any atom is 0.00910 e. The van der Waals surface area contributed by atoms with Crippen molar-refractivity contribution >= 4 is 0 Å². The molecular weight excluding hydrogens is 172 g/mol. The van der Waals surface area contributed by atoms with Gasteiger partial charge in [0.25, 0.3) is 0 Å². The van der Waals surface area contributed by atoms with Crippen LogP contribution in [0.25, 0.3) is 0 Å². The van der Waals surface area contributed by atoms with E-state index in [-0.39, 0.29) is 0 Å². The summed E-state index contributed by atoms with van der Waals surface area (Å²) < 4.78 is 0. The van der Waals surface area contributed by atoms with Gasteiger partial charge in [-0.1, -0.05) is 13.8 Å². The third-order valence-corrected chi connectivity index (χ3v) is 3.42. The van der Waals surface area contributed by atoms with Gasteiger partial charge in [0.2, 0.25) is 0 Å². The van der Waals surface area contributed by atoms with E-state index in [4.69, 9.17) is 0 Å². The zero-order valence-corrected chi connectivity index (χ0v) is 10.2. The quantitative estimate of drug-likeness (QED) is 0.744. The van der Waals surface area contributed by atoms with Gasteiger partial charge in [-0.3, -0.25) is 0 Å². The molecule has 14 heavy (non-hydrogen) atoms. The van der Waals surface area contributed by atoms with Crippen LogP contribution in [0.3, 0.4) is 0 Å². The summed E-state index contributed by atoms with van der Waals surface area (Å²) in [4.78, 5) is 2.65. The van der Waals surface area contributed by atoms with E-state index in [0.29, 0.717) is 0 Å². The van der Waals surface area contributed by atoms with Crippen molar-refractivity contribution in [3.05, 3.63) is 0 Å². The van der Waals surface area contributed by atoms with Crippen LogP contribution in [0.15, 0.2) is 0 Å². The molecule has 0 aromatic rings. The summed E-state index contributed by atoms with van der Waals surface area (Å²) in [7, 11) is 2.08. The van der Waals surface area contributed by atoms with E-state index in [0.717, 1.165) is 18.0 Å². The second-order valence-electron chi connectivity index (χ2n) is 5.08. The Labute approximate surface area is 89.1 Å². The fourth-order valence-electron chi connectivity index (χ4n) is 2.24. The highest BCUT2D eigenvalue weighted by Gasteiger charge is 2.23. The lowest BCUT2D eigenvalue weighted by Crippen LogP contribution is -2.46. The Morgan fingerprint density at radius 3 is 2.64 bits per heavy atom. The van der Waals surface area contributed by atoms with E-state index < -0.39 is 0 Å². The van der Waals surface area contributed by atoms with Gasteiger partial charge in [-0.05, 0) is 52.2 Å². The van der Waals surface area contributed by atoms with E-state index in [9.17, 15) is 0 Å². The molecule has 1 saturated heterocycles. The zero-order valence-electron chi connectivity index (χ0n) is 10.2. The third kappa shape index (κ3) is 3.58. The molecule has 2 atom stereocenters. The first kappa shape index (κ1) is 12.0. The smallest absolute Gasteiger partial charge is 0.00910 e. The molecule has 0 radical (unpaired) electrons. The van der Waals surface area contributed by atoms with Crippen LogP contribution in [0.2, 0.25) is 0 Å². The largest absolute Gasteiger partial charge is 0.317 e. The molecule has 2 nitrogen and oxygen atoms in total. The average Bonchev–Trinajstić information content (AvgIpc) is 2.15. The Balaban J connectivity index is 2.27. The lowest BCUT2D eigenvalue weighted by molar-refractivity contribution is 0.132. The maximum atomic E-state index is 3.39. The molecule has 1 rings (SSSR count). The first-order valence-electron chi connectivity index (χ1n) is 6.04. The van der Waals surface area contributed by atoms with Gasteiger partial charge >= 0.3 is 0 Å². The van der Waals surface area contributed by atoms with E-state index in [2.05, 4.69) is 38.0 Å². The second kappa shape index (κ2) is 5.72. The summed E-state index contributed by atoms with van der Waals surface area (Å²) in [6, 6.07) is 1.51. The van der Waals surface area contributed by atoms with Crippen molar-refractivity contribution in [1.82, 2.24) is 10.2 Å². The van der Waals surface area contributed by atoms with E-state index in [1.807, 2.05) is 0 Å². The summed E-state index contributed by atoms with van der Waals surface area (Å²) >= 11 is 0. The SMILES string of the molecule is CNC1CCN(CCC(C)C)C(C)C1. The van der Waals surface area contributed by atoms with Crippen molar-refractivity contribution in [1.29, 1.82) is 0 Å². The van der Waals surface area contributed by atoms with Gasteiger partial charge in [0.05, 0.1) is 0 Å². The minimum Gasteiger partial charge on any atom is -0.317 e. The summed E-state index contributed by atoms with van der Waals surface area (Å²) in [5.41, 5.74) is 0. The average molecular weight is 198 g/mol. The zero-order chi connectivity index (χ0) is 10.6. The third-order valence-electron chi connectivity index (χ3n) is 3.42. The number of piperidine rings is 1. The van der Waals surface area contributed by atoms with Crippen LogP contribution in [0.1, 0.15) is 40.0 Å². The van der Waals surface area contributed by atoms with Crippen molar-refractivity contribution < 1.29 is 0 Å². The first-order valence-corrected chi connectivity index (χ1v) is 6.04. The molecule has 0 bridgehead atoms. The molecular formula is C12H26N2. The fraction of sp³-hybridized carbons (Fsp3) is 1.00. The van der Waals surface area contributed by atoms with Gasteiger partial charge in [0, 0.05) is 12.1 Å². The van der Waals surface area contributed by atoms with Crippen molar-refractivity contribution in [2.75, 3.05) is 20.1 Å². The molecule has 0 spiro atoms. The molecule has 84 valence electrons. The van der Waals surface area contributed by atoms with Gasteiger partial charge in [0.15, 0.2) is 0 Å². The number of likely N-dealkylation sites (tertiary alicyclic amines) is 1. The molecule has 0 aromatic heterocycles. The molecule has 0 aromatic carbocycles. The predicted octanol–water partition coefficient (Wildman–Crippen LogP) is 2.10. The molecule has 1 aliphatic rings. The summed E-state index contributed by atoms with van der Waals surface area (Å²) in [5, 5.41) is 3.39. The molecule has 0 amide bonds. The monoisotopic (exact) mass is 198 g/mol. The summed E-state index contributed by atoms with van der Waals surface area (Å²) in [5.74, 6) is 0.837. The Hall–Kier alpha value is -0.0800. The molecule has 1 heterocycles. The number of nitrogens with one attached hydrogen (secondary N) is 1. The van der Waals surface area contributed by atoms with Gasteiger partial charge in [-0.2, -0.15) is 0 Å². The molecule has 1 aliphatic heterocycles. The van der Waals surface area contributed by atoms with Gasteiger partial charge in [-0.25, -0.2) is 0 Å². The Morgan fingerprint density at radius 2 is 2.14 bits per heavy atom. The Kier molecular flexibility index (Phi) is 4.90. The highest BCUT2D eigenvalue weighted by Crippen LogP contribution is 2.18. The van der Waals surface area contributed by atoms with Crippen LogP contribution in [0.4, 0.5) is 0 Å². The number of rotatable bonds is 4. The first-order chi connectivity index (χ1) is 6.63. The van der Waals surface area contributed by atoms with E-state index in [1.165, 1.54) is 32.4 Å². The minimum absolute atomic E-state index is 0.750. The summed E-state index contributed by atoms with van der Waals surface area (Å²) in [6.07, 6.45) is 3.97. The van der Waals surface area contributed by atoms with Crippen LogP contribution in [-0.4, -0.2) is 37.1 Å². The topological polar surface area (TPSA) is 15.3 Å². The Morgan fingerprint density at radius 1 is 1.43 bits per heavy atom. The highest BCUT2D eigenvalue weighted by molar-refractivity contribution is 4.82. The number of hydrogen-bond donors (Lipinski definition) is 1. The van der Waals surface area contributed by atoms with Crippen LogP contribution in [0.5, 0.6) is 0 Å². The van der Waals surface area contributed by atoms with Crippen molar-refractivity contribution in [2.24, 2.45) is 5.92 Å². The van der Waals surface area contributed by atoms with Crippen molar-refractivity contribution in [3.8, 4) is 0 Å². The van der Waals surface area contributed by atoms with Gasteiger partial charge in [0.1, 0.15) is 0 Å². The maximum absolute atomic E-state index is 3.39. The van der Waals surface area contributed by atoms with E-state index in [1.54, 1.807) is 0 Å². The second-order valence-corrected chi connectivity index (χ2v) is 5.08. The molecule has 2 unspecified atom stereocenters. The predicted molar refractivity (Wildman–Crippen MR) is 62.6 cm³/mol. The molecule has 1 fully saturated rings. The van der Waals surface area contributed by atoms with Crippen LogP contribution >= 0.6 is 0 Å². The fourth-order valence-corrected chi connectivity index (χ4v) is 2.24. The van der Waals surface area contributed by atoms with Crippen molar-refractivity contribution in [3.63, 3.8) is 0 Å². The normalized spacial score (nSPS) is 29.8. The van der Waals surface area contributed by atoms with Gasteiger partial charge in [-0.15, -0.1) is 0 Å². The minimum atomic E-state index is 0.750. The Bertz CT molecular complexity index is 156. The lowest BCUT2D eigenvalue weighted by atomic mass is 9.97. The standard InChI is InChI=1S/C12H26N2/c1-10(2)5-7-14-8-6-12(13-4)9-11(14)3/h10-13H,5-9H2,1-4H3. The number of nitrogens with zero attached hydrogens (tertiary/aromatic N) is 1. The summed E-state index contributed by atoms with van der Waals surface area (Å²) in [6.45, 7) is 9.55. The molecule has 2 heteroatoms. The van der Waals surface area contributed by atoms with Crippen molar-refractivity contribution in [2.45, 2.75) is 52.1 Å². The molecule has 0 saturated carbocycles.